The monoisotopic (exact) mass is 375 g/mol. The first kappa shape index (κ1) is 19.9. The molecule has 7 nitrogen and oxygen atoms in total. The zero-order valence-corrected chi connectivity index (χ0v) is 17.2. The van der Waals surface area contributed by atoms with Gasteiger partial charge < -0.3 is 10.6 Å². The maximum absolute atomic E-state index is 12.4. The van der Waals surface area contributed by atoms with Crippen LogP contribution in [-0.4, -0.2) is 57.2 Å². The Morgan fingerprint density at radius 2 is 1.85 bits per heavy atom. The summed E-state index contributed by atoms with van der Waals surface area (Å²) in [6.07, 6.45) is 4.39. The van der Waals surface area contributed by atoms with Crippen molar-refractivity contribution in [2.24, 2.45) is 13.0 Å². The SMILES string of the molecule is Cc1cc(C(=O)NCC2C[C@H]3CC[C@@H](C2)N3CC(=O)NC(C)(C)C)n(C)n1. The first-order chi connectivity index (χ1) is 12.6. The summed E-state index contributed by atoms with van der Waals surface area (Å²) in [7, 11) is 1.79. The average Bonchev–Trinajstić information content (AvgIpc) is 2.98. The van der Waals surface area contributed by atoms with Gasteiger partial charge in [0.05, 0.1) is 12.2 Å². The van der Waals surface area contributed by atoms with E-state index >= 15 is 0 Å². The van der Waals surface area contributed by atoms with Gasteiger partial charge in [0.2, 0.25) is 5.91 Å². The molecule has 0 spiro atoms. The van der Waals surface area contributed by atoms with Crippen LogP contribution >= 0.6 is 0 Å². The molecule has 1 unspecified atom stereocenters. The van der Waals surface area contributed by atoms with Gasteiger partial charge in [0.1, 0.15) is 5.69 Å². The van der Waals surface area contributed by atoms with Crippen LogP contribution in [0.25, 0.3) is 0 Å². The van der Waals surface area contributed by atoms with Crippen LogP contribution in [0, 0.1) is 12.8 Å². The van der Waals surface area contributed by atoms with E-state index in [4.69, 9.17) is 0 Å². The molecule has 2 aliphatic rings. The molecule has 0 aromatic carbocycles. The number of hydrogen-bond acceptors (Lipinski definition) is 4. The maximum Gasteiger partial charge on any atom is 0.269 e. The van der Waals surface area contributed by atoms with Crippen LogP contribution in [0.2, 0.25) is 0 Å². The summed E-state index contributed by atoms with van der Waals surface area (Å²) in [4.78, 5) is 27.1. The number of amides is 2. The molecule has 2 aliphatic heterocycles. The largest absolute Gasteiger partial charge is 0.350 e. The van der Waals surface area contributed by atoms with Gasteiger partial charge in [-0.25, -0.2) is 0 Å². The number of hydrogen-bond donors (Lipinski definition) is 2. The third kappa shape index (κ3) is 4.89. The van der Waals surface area contributed by atoms with Gasteiger partial charge in [0.25, 0.3) is 5.91 Å². The first-order valence-electron chi connectivity index (χ1n) is 9.98. The van der Waals surface area contributed by atoms with Crippen LogP contribution in [0.1, 0.15) is 62.6 Å². The molecule has 3 atom stereocenters. The van der Waals surface area contributed by atoms with E-state index in [-0.39, 0.29) is 17.4 Å². The molecular formula is C20H33N5O2. The van der Waals surface area contributed by atoms with E-state index < -0.39 is 0 Å². The minimum atomic E-state index is -0.192. The molecule has 2 bridgehead atoms. The van der Waals surface area contributed by atoms with Crippen molar-refractivity contribution in [3.8, 4) is 0 Å². The van der Waals surface area contributed by atoms with Crippen molar-refractivity contribution >= 4 is 11.8 Å². The highest BCUT2D eigenvalue weighted by Gasteiger charge is 2.41. The second-order valence-corrected chi connectivity index (χ2v) is 9.20. The lowest BCUT2D eigenvalue weighted by Gasteiger charge is -2.39. The fourth-order valence-electron chi connectivity index (χ4n) is 4.59. The van der Waals surface area contributed by atoms with Crippen LogP contribution in [0.5, 0.6) is 0 Å². The molecule has 1 aromatic heterocycles. The van der Waals surface area contributed by atoms with E-state index in [0.29, 0.717) is 36.8 Å². The third-order valence-electron chi connectivity index (χ3n) is 5.61. The molecule has 2 amide bonds. The van der Waals surface area contributed by atoms with Crippen molar-refractivity contribution in [3.63, 3.8) is 0 Å². The zero-order valence-electron chi connectivity index (χ0n) is 17.2. The summed E-state index contributed by atoms with van der Waals surface area (Å²) in [5.74, 6) is 0.526. The standard InChI is InChI=1S/C20H33N5O2/c1-13-8-17(24(5)23-13)19(27)21-11-14-9-15-6-7-16(10-14)25(15)12-18(26)22-20(2,3)4/h8,14-16H,6-7,9-12H2,1-5H3,(H,21,27)(H,22,26)/t14?,15-,16+. The highest BCUT2D eigenvalue weighted by molar-refractivity contribution is 5.92. The number of aryl methyl sites for hydroxylation is 2. The lowest BCUT2D eigenvalue weighted by atomic mass is 9.90. The van der Waals surface area contributed by atoms with Crippen molar-refractivity contribution in [2.45, 2.75) is 71.0 Å². The number of fused-ring (bicyclic) bond motifs is 2. The fourth-order valence-corrected chi connectivity index (χ4v) is 4.59. The van der Waals surface area contributed by atoms with E-state index in [1.54, 1.807) is 11.7 Å². The highest BCUT2D eigenvalue weighted by Crippen LogP contribution is 2.38. The van der Waals surface area contributed by atoms with Crippen LogP contribution < -0.4 is 10.6 Å². The Balaban J connectivity index is 1.50. The van der Waals surface area contributed by atoms with E-state index in [2.05, 4.69) is 20.6 Å². The van der Waals surface area contributed by atoms with Gasteiger partial charge in [-0.15, -0.1) is 0 Å². The first-order valence-corrected chi connectivity index (χ1v) is 9.98. The normalized spacial score (nSPS) is 25.4. The second kappa shape index (κ2) is 7.62. The minimum Gasteiger partial charge on any atom is -0.350 e. The van der Waals surface area contributed by atoms with Gasteiger partial charge >= 0.3 is 0 Å². The quantitative estimate of drug-likeness (QED) is 0.820. The number of carbonyl (C=O) groups is 2. The molecule has 0 radical (unpaired) electrons. The Hall–Kier alpha value is -1.89. The van der Waals surface area contributed by atoms with E-state index in [9.17, 15) is 9.59 Å². The number of piperidine rings is 1. The van der Waals surface area contributed by atoms with Gasteiger partial charge in [-0.2, -0.15) is 5.10 Å². The summed E-state index contributed by atoms with van der Waals surface area (Å²) in [5.41, 5.74) is 1.26. The number of rotatable bonds is 5. The van der Waals surface area contributed by atoms with Crippen molar-refractivity contribution in [3.05, 3.63) is 17.5 Å². The molecule has 3 heterocycles. The van der Waals surface area contributed by atoms with Crippen LogP contribution in [-0.2, 0) is 11.8 Å². The molecular weight excluding hydrogens is 342 g/mol. The molecule has 3 rings (SSSR count). The molecule has 27 heavy (non-hydrogen) atoms. The Bertz CT molecular complexity index is 692. The molecule has 2 fully saturated rings. The predicted molar refractivity (Wildman–Crippen MR) is 104 cm³/mol. The Kier molecular flexibility index (Phi) is 5.60. The zero-order chi connectivity index (χ0) is 19.8. The summed E-state index contributed by atoms with van der Waals surface area (Å²) < 4.78 is 1.63. The van der Waals surface area contributed by atoms with E-state index in [1.165, 1.54) is 0 Å². The Morgan fingerprint density at radius 1 is 1.22 bits per heavy atom. The van der Waals surface area contributed by atoms with Crippen molar-refractivity contribution in [1.29, 1.82) is 0 Å². The number of carbonyl (C=O) groups excluding carboxylic acids is 2. The summed E-state index contributed by atoms with van der Waals surface area (Å²) in [5, 5.41) is 10.4. The van der Waals surface area contributed by atoms with Crippen molar-refractivity contribution < 1.29 is 9.59 Å². The lowest BCUT2D eigenvalue weighted by Crippen LogP contribution is -2.52. The van der Waals surface area contributed by atoms with Gasteiger partial charge in [0.15, 0.2) is 0 Å². The smallest absolute Gasteiger partial charge is 0.269 e. The highest BCUT2D eigenvalue weighted by atomic mass is 16.2. The molecule has 150 valence electrons. The Labute approximate surface area is 161 Å². The van der Waals surface area contributed by atoms with Gasteiger partial charge in [0, 0.05) is 31.2 Å². The van der Waals surface area contributed by atoms with Crippen LogP contribution in [0.4, 0.5) is 0 Å². The molecule has 0 aliphatic carbocycles. The molecule has 2 N–H and O–H groups in total. The maximum atomic E-state index is 12.4. The number of nitrogens with zero attached hydrogens (tertiary/aromatic N) is 3. The van der Waals surface area contributed by atoms with Gasteiger partial charge in [-0.05, 0) is 65.4 Å². The molecule has 2 saturated heterocycles. The lowest BCUT2D eigenvalue weighted by molar-refractivity contribution is -0.125. The van der Waals surface area contributed by atoms with Crippen molar-refractivity contribution in [1.82, 2.24) is 25.3 Å². The summed E-state index contributed by atoms with van der Waals surface area (Å²) >= 11 is 0. The van der Waals surface area contributed by atoms with Gasteiger partial charge in [-0.3, -0.25) is 19.2 Å². The number of nitrogens with one attached hydrogen (secondary N) is 2. The second-order valence-electron chi connectivity index (χ2n) is 9.20. The number of aromatic nitrogens is 2. The van der Waals surface area contributed by atoms with E-state index in [0.717, 1.165) is 31.4 Å². The minimum absolute atomic E-state index is 0.0579. The third-order valence-corrected chi connectivity index (χ3v) is 5.61. The van der Waals surface area contributed by atoms with Crippen molar-refractivity contribution in [2.75, 3.05) is 13.1 Å². The summed E-state index contributed by atoms with van der Waals surface area (Å²) in [6.45, 7) is 9.10. The molecule has 1 aromatic rings. The fraction of sp³-hybridized carbons (Fsp3) is 0.750. The molecule has 0 saturated carbocycles. The summed E-state index contributed by atoms with van der Waals surface area (Å²) in [6, 6.07) is 2.72. The topological polar surface area (TPSA) is 79.3 Å². The molecule has 7 heteroatoms. The van der Waals surface area contributed by atoms with Crippen LogP contribution in [0.3, 0.4) is 0 Å². The van der Waals surface area contributed by atoms with E-state index in [1.807, 2.05) is 33.8 Å². The predicted octanol–water partition coefficient (Wildman–Crippen LogP) is 1.62. The Morgan fingerprint density at radius 3 is 2.37 bits per heavy atom. The average molecular weight is 376 g/mol. The van der Waals surface area contributed by atoms with Gasteiger partial charge in [-0.1, -0.05) is 0 Å². The van der Waals surface area contributed by atoms with Crippen LogP contribution in [0.15, 0.2) is 6.07 Å².